The highest BCUT2D eigenvalue weighted by atomic mass is 16.5. The summed E-state index contributed by atoms with van der Waals surface area (Å²) in [6.45, 7) is -0.0680. The molecule has 0 heterocycles. The highest BCUT2D eigenvalue weighted by Gasteiger charge is 2.13. The molecule has 0 unspecified atom stereocenters. The molecule has 0 aromatic heterocycles. The number of hydrogen-bond donors (Lipinski definition) is 1. The molecule has 2 rings (SSSR count). The van der Waals surface area contributed by atoms with E-state index in [1.807, 2.05) is 30.3 Å². The molecule has 2 amide bonds. The van der Waals surface area contributed by atoms with Crippen molar-refractivity contribution in [3.05, 3.63) is 60.2 Å². The summed E-state index contributed by atoms with van der Waals surface area (Å²) in [6.07, 6.45) is 0. The summed E-state index contributed by atoms with van der Waals surface area (Å²) in [6, 6.07) is 16.0. The van der Waals surface area contributed by atoms with Gasteiger partial charge in [-0.3, -0.25) is 9.59 Å². The Morgan fingerprint density at radius 2 is 1.82 bits per heavy atom. The van der Waals surface area contributed by atoms with Crippen LogP contribution >= 0.6 is 0 Å². The number of methoxy groups -OCH3 is 1. The third-order valence-electron chi connectivity index (χ3n) is 3.25. The molecular formula is C17H18N2O3. The van der Waals surface area contributed by atoms with Crippen molar-refractivity contribution in [2.24, 2.45) is 0 Å². The molecule has 0 saturated heterocycles. The number of carbonyl (C=O) groups is 2. The van der Waals surface area contributed by atoms with Crippen LogP contribution < -0.4 is 15.0 Å². The summed E-state index contributed by atoms with van der Waals surface area (Å²) in [5, 5.41) is 2.61. The van der Waals surface area contributed by atoms with Gasteiger partial charge in [0.15, 0.2) is 0 Å². The van der Waals surface area contributed by atoms with Crippen LogP contribution in [0.4, 0.5) is 5.69 Å². The van der Waals surface area contributed by atoms with Crippen molar-refractivity contribution in [3.8, 4) is 5.75 Å². The fourth-order valence-corrected chi connectivity index (χ4v) is 1.94. The summed E-state index contributed by atoms with van der Waals surface area (Å²) >= 11 is 0. The first-order chi connectivity index (χ1) is 10.6. The molecular weight excluding hydrogens is 280 g/mol. The maximum atomic E-state index is 12.1. The maximum Gasteiger partial charge on any atom is 0.251 e. The van der Waals surface area contributed by atoms with Crippen molar-refractivity contribution < 1.29 is 14.3 Å². The van der Waals surface area contributed by atoms with Crippen LogP contribution in [0.3, 0.4) is 0 Å². The van der Waals surface area contributed by atoms with Crippen LogP contribution in [-0.2, 0) is 4.79 Å². The number of carbonyl (C=O) groups excluding carboxylic acids is 2. The number of para-hydroxylation sites is 1. The van der Waals surface area contributed by atoms with Crippen LogP contribution in [0.15, 0.2) is 54.6 Å². The Morgan fingerprint density at radius 1 is 1.09 bits per heavy atom. The highest BCUT2D eigenvalue weighted by Crippen LogP contribution is 2.13. The SMILES string of the molecule is COc1cccc(C(=O)NCC(=O)N(C)c2ccccc2)c1. The zero-order chi connectivity index (χ0) is 15.9. The monoisotopic (exact) mass is 298 g/mol. The number of nitrogens with zero attached hydrogens (tertiary/aromatic N) is 1. The Hall–Kier alpha value is -2.82. The average molecular weight is 298 g/mol. The van der Waals surface area contributed by atoms with Crippen LogP contribution in [0.25, 0.3) is 0 Å². The lowest BCUT2D eigenvalue weighted by Crippen LogP contribution is -2.38. The first-order valence-electron chi connectivity index (χ1n) is 6.85. The number of hydrogen-bond acceptors (Lipinski definition) is 3. The Morgan fingerprint density at radius 3 is 2.50 bits per heavy atom. The predicted octanol–water partition coefficient (Wildman–Crippen LogP) is 2.09. The third kappa shape index (κ3) is 3.85. The molecule has 5 heteroatoms. The first kappa shape index (κ1) is 15.6. The second kappa shape index (κ2) is 7.26. The van der Waals surface area contributed by atoms with Gasteiger partial charge in [-0.05, 0) is 30.3 Å². The molecule has 114 valence electrons. The van der Waals surface area contributed by atoms with Gasteiger partial charge in [-0.1, -0.05) is 24.3 Å². The van der Waals surface area contributed by atoms with Gasteiger partial charge in [0.25, 0.3) is 5.91 Å². The van der Waals surface area contributed by atoms with E-state index in [1.54, 1.807) is 31.3 Å². The fourth-order valence-electron chi connectivity index (χ4n) is 1.94. The molecule has 0 aliphatic carbocycles. The van der Waals surface area contributed by atoms with E-state index in [2.05, 4.69) is 5.32 Å². The summed E-state index contributed by atoms with van der Waals surface area (Å²) < 4.78 is 5.07. The number of nitrogens with one attached hydrogen (secondary N) is 1. The minimum absolute atomic E-state index is 0.0680. The van der Waals surface area contributed by atoms with Gasteiger partial charge in [0, 0.05) is 18.3 Å². The normalized spacial score (nSPS) is 9.91. The van der Waals surface area contributed by atoms with E-state index in [0.29, 0.717) is 11.3 Å². The summed E-state index contributed by atoms with van der Waals surface area (Å²) in [5.41, 5.74) is 1.23. The Bertz CT molecular complexity index is 656. The van der Waals surface area contributed by atoms with Gasteiger partial charge in [0.2, 0.25) is 5.91 Å². The number of anilines is 1. The zero-order valence-corrected chi connectivity index (χ0v) is 12.6. The molecule has 0 saturated carbocycles. The van der Waals surface area contributed by atoms with E-state index in [9.17, 15) is 9.59 Å². The molecule has 0 bridgehead atoms. The lowest BCUT2D eigenvalue weighted by atomic mass is 10.2. The van der Waals surface area contributed by atoms with E-state index in [0.717, 1.165) is 5.69 Å². The van der Waals surface area contributed by atoms with Crippen molar-refractivity contribution >= 4 is 17.5 Å². The maximum absolute atomic E-state index is 12.1. The van der Waals surface area contributed by atoms with Crippen molar-refractivity contribution in [2.45, 2.75) is 0 Å². The van der Waals surface area contributed by atoms with E-state index in [-0.39, 0.29) is 18.4 Å². The van der Waals surface area contributed by atoms with E-state index < -0.39 is 0 Å². The molecule has 5 nitrogen and oxygen atoms in total. The first-order valence-corrected chi connectivity index (χ1v) is 6.85. The lowest BCUT2D eigenvalue weighted by molar-refractivity contribution is -0.117. The van der Waals surface area contributed by atoms with Crippen molar-refractivity contribution in [3.63, 3.8) is 0 Å². The average Bonchev–Trinajstić information content (AvgIpc) is 2.59. The van der Waals surface area contributed by atoms with Crippen LogP contribution in [-0.4, -0.2) is 32.5 Å². The topological polar surface area (TPSA) is 58.6 Å². The van der Waals surface area contributed by atoms with Crippen molar-refractivity contribution in [2.75, 3.05) is 25.6 Å². The van der Waals surface area contributed by atoms with E-state index in [4.69, 9.17) is 4.74 Å². The molecule has 2 aromatic rings. The molecule has 0 atom stereocenters. The van der Waals surface area contributed by atoms with Crippen LogP contribution in [0.5, 0.6) is 5.75 Å². The number of likely N-dealkylation sites (N-methyl/N-ethyl adjacent to an activating group) is 1. The molecule has 0 radical (unpaired) electrons. The van der Waals surface area contributed by atoms with Crippen LogP contribution in [0.1, 0.15) is 10.4 Å². The quantitative estimate of drug-likeness (QED) is 0.919. The molecule has 0 spiro atoms. The zero-order valence-electron chi connectivity index (χ0n) is 12.6. The van der Waals surface area contributed by atoms with Gasteiger partial charge in [0.05, 0.1) is 13.7 Å². The minimum Gasteiger partial charge on any atom is -0.497 e. The predicted molar refractivity (Wildman–Crippen MR) is 85.2 cm³/mol. The molecule has 22 heavy (non-hydrogen) atoms. The van der Waals surface area contributed by atoms with Crippen LogP contribution in [0.2, 0.25) is 0 Å². The van der Waals surface area contributed by atoms with Gasteiger partial charge >= 0.3 is 0 Å². The number of benzene rings is 2. The van der Waals surface area contributed by atoms with Gasteiger partial charge in [-0.25, -0.2) is 0 Å². The van der Waals surface area contributed by atoms with E-state index >= 15 is 0 Å². The molecule has 0 aliphatic rings. The molecule has 0 aliphatic heterocycles. The Labute approximate surface area is 129 Å². The highest BCUT2D eigenvalue weighted by molar-refractivity contribution is 6.00. The van der Waals surface area contributed by atoms with Gasteiger partial charge < -0.3 is 15.0 Å². The largest absolute Gasteiger partial charge is 0.497 e. The second-order valence-electron chi connectivity index (χ2n) is 4.70. The van der Waals surface area contributed by atoms with E-state index in [1.165, 1.54) is 12.0 Å². The molecule has 0 fully saturated rings. The van der Waals surface area contributed by atoms with Gasteiger partial charge in [-0.2, -0.15) is 0 Å². The van der Waals surface area contributed by atoms with Crippen LogP contribution in [0, 0.1) is 0 Å². The van der Waals surface area contributed by atoms with Gasteiger partial charge in [-0.15, -0.1) is 0 Å². The minimum atomic E-state index is -0.311. The van der Waals surface area contributed by atoms with Crippen molar-refractivity contribution in [1.29, 1.82) is 0 Å². The summed E-state index contributed by atoms with van der Waals surface area (Å²) in [4.78, 5) is 25.6. The number of ether oxygens (including phenoxy) is 1. The summed E-state index contributed by atoms with van der Waals surface area (Å²) in [7, 11) is 3.21. The third-order valence-corrected chi connectivity index (χ3v) is 3.25. The molecule has 2 aromatic carbocycles. The van der Waals surface area contributed by atoms with Gasteiger partial charge in [0.1, 0.15) is 5.75 Å². The smallest absolute Gasteiger partial charge is 0.251 e. The standard InChI is InChI=1S/C17H18N2O3/c1-19(14-8-4-3-5-9-14)16(20)12-18-17(21)13-7-6-10-15(11-13)22-2/h3-11H,12H2,1-2H3,(H,18,21). The Kier molecular flexibility index (Phi) is 5.14. The number of rotatable bonds is 5. The fraction of sp³-hybridized carbons (Fsp3) is 0.176. The van der Waals surface area contributed by atoms with Crippen molar-refractivity contribution in [1.82, 2.24) is 5.32 Å². The molecule has 1 N–H and O–H groups in total. The Balaban J connectivity index is 1.94. The second-order valence-corrected chi connectivity index (χ2v) is 4.70. The summed E-state index contributed by atoms with van der Waals surface area (Å²) in [5.74, 6) is 0.0940. The number of amides is 2. The lowest BCUT2D eigenvalue weighted by Gasteiger charge is -2.17.